The molecular weight excluding hydrogens is 574 g/mol. The zero-order chi connectivity index (χ0) is 28.4. The summed E-state index contributed by atoms with van der Waals surface area (Å²) in [7, 11) is -7.92. The first-order valence-electron chi connectivity index (χ1n) is 7.23. The molecule has 2 unspecified atom stereocenters. The van der Waals surface area contributed by atoms with Crippen molar-refractivity contribution < 1.29 is 116 Å². The van der Waals surface area contributed by atoms with Crippen molar-refractivity contribution in [1.29, 1.82) is 0 Å². The molecule has 206 valence electrons. The quantitative estimate of drug-likeness (QED) is 0.225. The van der Waals surface area contributed by atoms with E-state index < -0.39 is 77.1 Å². The fourth-order valence-electron chi connectivity index (χ4n) is 1.62. The van der Waals surface area contributed by atoms with Gasteiger partial charge in [-0.25, -0.2) is 17.2 Å². The van der Waals surface area contributed by atoms with Crippen molar-refractivity contribution in [3.63, 3.8) is 0 Å². The Bertz CT molecular complexity index is 863. The molecule has 2 atom stereocenters. The normalized spacial score (nSPS) is 19.0. The predicted molar refractivity (Wildman–Crippen MR) is 66.6 cm³/mol. The van der Waals surface area contributed by atoms with Crippen LogP contribution in [-0.2, 0) is 19.6 Å². The Kier molecular flexibility index (Phi) is 9.58. The second-order valence-electron chi connectivity index (χ2n) is 6.25. The van der Waals surface area contributed by atoms with E-state index in [1.165, 1.54) is 4.74 Å². The van der Waals surface area contributed by atoms with Gasteiger partial charge in [0.25, 0.3) is 0 Å². The molecule has 0 aromatic carbocycles. The first kappa shape index (κ1) is 36.4. The molecule has 24 heteroatoms. The first-order chi connectivity index (χ1) is 14.2. The largest absolute Gasteiger partial charge is 1.00 e. The van der Waals surface area contributed by atoms with Crippen LogP contribution >= 0.6 is 0 Å². The van der Waals surface area contributed by atoms with E-state index >= 15 is 0 Å². The monoisotopic (exact) mass is 580 g/mol. The molecule has 0 rings (SSSR count). The number of rotatable bonds is 10. The van der Waals surface area contributed by atoms with Gasteiger partial charge in [-0.2, -0.15) is 65.9 Å². The van der Waals surface area contributed by atoms with Crippen LogP contribution in [0.2, 0.25) is 0 Å². The summed E-state index contributed by atoms with van der Waals surface area (Å²) in [6.45, 7) is -2.53. The number of hydrogen-bond donors (Lipinski definition) is 0. The molecule has 0 bridgehead atoms. The Morgan fingerprint density at radius 3 is 1.11 bits per heavy atom. The third-order valence-electron chi connectivity index (χ3n) is 3.45. The number of hydrogen-bond acceptors (Lipinski definition) is 5. The number of alkyl halides is 17. The van der Waals surface area contributed by atoms with Crippen LogP contribution in [0.15, 0.2) is 0 Å². The van der Waals surface area contributed by atoms with Gasteiger partial charge < -0.3 is 4.55 Å². The Labute approximate surface area is 193 Å². The average molecular weight is 580 g/mol. The summed E-state index contributed by atoms with van der Waals surface area (Å²) in [5.74, 6) is -35.7. The van der Waals surface area contributed by atoms with Gasteiger partial charge in [0.2, 0.25) is 0 Å². The smallest absolute Gasteiger partial charge is 0.743 e. The van der Waals surface area contributed by atoms with Crippen molar-refractivity contribution in [1.82, 2.24) is 0 Å². The number of ether oxygens (including phenoxy) is 2. The van der Waals surface area contributed by atoms with Gasteiger partial charge in [-0.15, -0.1) is 0 Å². The molecule has 0 aliphatic rings. The molecule has 0 aromatic rings. The molecule has 0 N–H and O–H groups in total. The van der Waals surface area contributed by atoms with Crippen LogP contribution in [0.1, 0.15) is 13.8 Å². The Morgan fingerprint density at radius 2 is 0.886 bits per heavy atom. The van der Waals surface area contributed by atoms with E-state index in [1.54, 1.807) is 4.74 Å². The van der Waals surface area contributed by atoms with E-state index in [9.17, 15) is 87.6 Å². The molecule has 0 aliphatic carbocycles. The summed E-state index contributed by atoms with van der Waals surface area (Å²) in [6, 6.07) is 0. The van der Waals surface area contributed by atoms with Crippen molar-refractivity contribution >= 4 is 10.1 Å². The zero-order valence-corrected chi connectivity index (χ0v) is 17.2. The topological polar surface area (TPSA) is 75.7 Å². The van der Waals surface area contributed by atoms with E-state index in [0.717, 1.165) is 0 Å². The standard InChI is InChI=1S/C11H7F17O5S.Li/c1-3(12,13)5(16,17)6(18,4(2,14)15)32-9(23,24)7(19,8(20,21)22)33-10(25,26)11(27,28)34(29,30)31;/h1-2H3,(H,29,30,31);/q;+1/p-1. The summed E-state index contributed by atoms with van der Waals surface area (Å²) >= 11 is 0. The maximum absolute atomic E-state index is 14.1. The molecule has 5 nitrogen and oxygen atoms in total. The minimum atomic E-state index is -8.18. The van der Waals surface area contributed by atoms with Gasteiger partial charge >= 0.3 is 72.0 Å². The van der Waals surface area contributed by atoms with Crippen molar-refractivity contribution in [2.45, 2.75) is 67.0 Å². The third kappa shape index (κ3) is 5.88. The summed E-state index contributed by atoms with van der Waals surface area (Å²) in [4.78, 5) is 0. The van der Waals surface area contributed by atoms with E-state index in [4.69, 9.17) is 0 Å². The van der Waals surface area contributed by atoms with Crippen molar-refractivity contribution in [2.24, 2.45) is 0 Å². The van der Waals surface area contributed by atoms with Crippen LogP contribution in [0.25, 0.3) is 0 Å². The fraction of sp³-hybridized carbons (Fsp3) is 1.00. The van der Waals surface area contributed by atoms with Crippen LogP contribution < -0.4 is 18.9 Å². The molecule has 0 saturated carbocycles. The molecule has 0 heterocycles. The molecule has 35 heavy (non-hydrogen) atoms. The Hall–Kier alpha value is -0.763. The summed E-state index contributed by atoms with van der Waals surface area (Å²) in [6.07, 6.45) is -24.0. The van der Waals surface area contributed by atoms with E-state index in [0.29, 0.717) is 0 Å². The molecule has 0 spiro atoms. The minimum absolute atomic E-state index is 0. The second kappa shape index (κ2) is 9.21. The van der Waals surface area contributed by atoms with Gasteiger partial charge in [-0.05, 0) is 0 Å². The molecule has 0 aliphatic heterocycles. The Balaban J connectivity index is 0. The van der Waals surface area contributed by atoms with Crippen molar-refractivity contribution in [2.75, 3.05) is 0 Å². The van der Waals surface area contributed by atoms with Crippen molar-refractivity contribution in [3.05, 3.63) is 0 Å². The predicted octanol–water partition coefficient (Wildman–Crippen LogP) is 2.19. The zero-order valence-electron chi connectivity index (χ0n) is 16.4. The van der Waals surface area contributed by atoms with E-state index in [2.05, 4.69) is 0 Å². The van der Waals surface area contributed by atoms with Gasteiger partial charge in [-0.3, -0.25) is 9.47 Å². The van der Waals surface area contributed by atoms with Crippen LogP contribution in [0.5, 0.6) is 0 Å². The molecular formula is C11H6F17LiO5S. The van der Waals surface area contributed by atoms with Crippen molar-refractivity contribution in [3.8, 4) is 0 Å². The molecule has 0 radical (unpaired) electrons. The summed E-state index contributed by atoms with van der Waals surface area (Å²) in [5.41, 5.74) is 0. The first-order valence-corrected chi connectivity index (χ1v) is 8.64. The molecule has 0 aromatic heterocycles. The van der Waals surface area contributed by atoms with Gasteiger partial charge in [0, 0.05) is 13.8 Å². The van der Waals surface area contributed by atoms with Gasteiger partial charge in [0.05, 0.1) is 0 Å². The number of halogens is 17. The third-order valence-corrected chi connectivity index (χ3v) is 4.31. The fourth-order valence-corrected chi connectivity index (χ4v) is 1.95. The molecule has 0 fully saturated rings. The van der Waals surface area contributed by atoms with Crippen LogP contribution in [0.3, 0.4) is 0 Å². The average Bonchev–Trinajstić information content (AvgIpc) is 2.48. The summed E-state index contributed by atoms with van der Waals surface area (Å²) < 4.78 is 258. The molecule has 0 amide bonds. The van der Waals surface area contributed by atoms with Crippen LogP contribution in [-0.4, -0.2) is 66.1 Å². The second-order valence-corrected chi connectivity index (χ2v) is 7.67. The summed E-state index contributed by atoms with van der Waals surface area (Å²) in [5, 5.41) is -7.57. The van der Waals surface area contributed by atoms with E-state index in [1.807, 2.05) is 0 Å². The van der Waals surface area contributed by atoms with Gasteiger partial charge in [0.1, 0.15) is 0 Å². The maximum atomic E-state index is 14.1. The minimum Gasteiger partial charge on any atom is -0.743 e. The van der Waals surface area contributed by atoms with Gasteiger partial charge in [-0.1, -0.05) is 0 Å². The van der Waals surface area contributed by atoms with Gasteiger partial charge in [0.15, 0.2) is 10.1 Å². The van der Waals surface area contributed by atoms with Crippen LogP contribution in [0.4, 0.5) is 74.6 Å². The molecule has 0 saturated heterocycles. The van der Waals surface area contributed by atoms with Crippen LogP contribution in [0, 0.1) is 0 Å². The van der Waals surface area contributed by atoms with E-state index in [-0.39, 0.29) is 18.9 Å². The SMILES string of the molecule is CC(F)(F)C(F)(F)C(F)(OC(F)(F)C(F)(OC(F)(F)C(F)(F)S(=O)(=O)[O-])C(F)(F)F)C(C)(F)F.[Li+]. The Morgan fingerprint density at radius 1 is 0.571 bits per heavy atom. The maximum Gasteiger partial charge on any atom is 1.00 e.